The Balaban J connectivity index is 1.57. The van der Waals surface area contributed by atoms with E-state index in [0.29, 0.717) is 22.2 Å². The van der Waals surface area contributed by atoms with E-state index in [1.165, 1.54) is 6.20 Å². The molecular weight excluding hydrogens is 414 g/mol. The number of para-hydroxylation sites is 1. The molecule has 10 nitrogen and oxygen atoms in total. The van der Waals surface area contributed by atoms with E-state index in [0.717, 1.165) is 42.4 Å². The van der Waals surface area contributed by atoms with E-state index in [1.54, 1.807) is 11.0 Å². The van der Waals surface area contributed by atoms with Gasteiger partial charge in [0.2, 0.25) is 10.3 Å². The molecule has 0 spiro atoms. The maximum atomic E-state index is 11.7. The van der Waals surface area contributed by atoms with Crippen molar-refractivity contribution in [2.24, 2.45) is 11.6 Å². The Labute approximate surface area is 171 Å². The van der Waals surface area contributed by atoms with Crippen LogP contribution in [0, 0.1) is 0 Å². The van der Waals surface area contributed by atoms with Crippen molar-refractivity contribution in [3.8, 4) is 5.75 Å². The zero-order chi connectivity index (χ0) is 20.4. The first-order chi connectivity index (χ1) is 13.9. The molecule has 1 fully saturated rings. The predicted octanol–water partition coefficient (Wildman–Crippen LogP) is 1.63. The van der Waals surface area contributed by atoms with Crippen molar-refractivity contribution >= 4 is 43.2 Å². The second kappa shape index (κ2) is 8.16. The summed E-state index contributed by atoms with van der Waals surface area (Å²) in [5.41, 5.74) is 6.66. The molecule has 2 aromatic heterocycles. The van der Waals surface area contributed by atoms with Gasteiger partial charge in [0.25, 0.3) is 10.0 Å². The van der Waals surface area contributed by atoms with E-state index < -0.39 is 10.0 Å². The number of sulfonamides is 1. The fraction of sp³-hybridized carbons (Fsp3) is 0.353. The number of ether oxygens (including phenoxy) is 1. The summed E-state index contributed by atoms with van der Waals surface area (Å²) in [5, 5.41) is 4.30. The maximum absolute atomic E-state index is 11.7. The molecule has 0 bridgehead atoms. The standard InChI is InChI=1S/C17H21N7O3S2/c18-11-4-6-12(7-5-11)27-13-3-1-2-10-8-20-16(23-15(10)13)22-14-9-21-17(28-14)29(25,26)24-19/h1-3,8-9,11-12,24H,4-7,18-19H2,(H,20,22,23). The first kappa shape index (κ1) is 19.9. The minimum absolute atomic E-state index is 0.116. The van der Waals surface area contributed by atoms with Gasteiger partial charge in [0.15, 0.2) is 0 Å². The fourth-order valence-electron chi connectivity index (χ4n) is 3.17. The molecule has 2 heterocycles. The van der Waals surface area contributed by atoms with Gasteiger partial charge in [0, 0.05) is 17.6 Å². The second-order valence-corrected chi connectivity index (χ2v) is 9.70. The lowest BCUT2D eigenvalue weighted by molar-refractivity contribution is 0.149. The van der Waals surface area contributed by atoms with E-state index in [1.807, 2.05) is 18.2 Å². The highest BCUT2D eigenvalue weighted by Gasteiger charge is 2.21. The number of aromatic nitrogens is 3. The number of hydrogen-bond acceptors (Lipinski definition) is 10. The lowest BCUT2D eigenvalue weighted by Crippen LogP contribution is -2.31. The van der Waals surface area contributed by atoms with Gasteiger partial charge in [-0.25, -0.2) is 23.4 Å². The molecule has 1 aliphatic rings. The van der Waals surface area contributed by atoms with Crippen LogP contribution in [0.2, 0.25) is 0 Å². The molecule has 0 atom stereocenters. The lowest BCUT2D eigenvalue weighted by Gasteiger charge is -2.27. The molecule has 0 saturated heterocycles. The topological polar surface area (TPSA) is 158 Å². The Morgan fingerprint density at radius 3 is 2.69 bits per heavy atom. The summed E-state index contributed by atoms with van der Waals surface area (Å²) in [6, 6.07) is 5.96. The van der Waals surface area contributed by atoms with Crippen molar-refractivity contribution in [2.45, 2.75) is 42.2 Å². The number of hydrazine groups is 1. The van der Waals surface area contributed by atoms with Crippen LogP contribution < -0.4 is 26.5 Å². The van der Waals surface area contributed by atoms with Crippen molar-refractivity contribution < 1.29 is 13.2 Å². The van der Waals surface area contributed by atoms with Crippen molar-refractivity contribution in [2.75, 3.05) is 5.32 Å². The molecule has 4 rings (SSSR count). The molecule has 1 aliphatic carbocycles. The summed E-state index contributed by atoms with van der Waals surface area (Å²) >= 11 is 0.922. The third-order valence-electron chi connectivity index (χ3n) is 4.69. The average molecular weight is 436 g/mol. The number of rotatable bonds is 6. The Morgan fingerprint density at radius 2 is 1.93 bits per heavy atom. The molecule has 1 aromatic carbocycles. The summed E-state index contributed by atoms with van der Waals surface area (Å²) in [5.74, 6) is 6.03. The van der Waals surface area contributed by atoms with Gasteiger partial charge in [0.1, 0.15) is 16.3 Å². The summed E-state index contributed by atoms with van der Waals surface area (Å²) in [6.07, 6.45) is 6.92. The smallest absolute Gasteiger partial charge is 0.280 e. The molecule has 6 N–H and O–H groups in total. The third kappa shape index (κ3) is 4.46. The number of thiazole rings is 1. The van der Waals surface area contributed by atoms with Crippen LogP contribution in [0.25, 0.3) is 10.9 Å². The van der Waals surface area contributed by atoms with Crippen molar-refractivity contribution in [3.05, 3.63) is 30.6 Å². The van der Waals surface area contributed by atoms with E-state index in [-0.39, 0.29) is 16.5 Å². The zero-order valence-corrected chi connectivity index (χ0v) is 17.0. The van der Waals surface area contributed by atoms with Crippen LogP contribution in [0.15, 0.2) is 34.9 Å². The highest BCUT2D eigenvalue weighted by atomic mass is 32.2. The highest BCUT2D eigenvalue weighted by molar-refractivity contribution is 7.91. The Kier molecular flexibility index (Phi) is 5.61. The largest absolute Gasteiger partial charge is 0.488 e. The van der Waals surface area contributed by atoms with Crippen LogP contribution in [0.1, 0.15) is 25.7 Å². The molecule has 0 unspecified atom stereocenters. The number of nitrogens with two attached hydrogens (primary N) is 2. The van der Waals surface area contributed by atoms with Crippen LogP contribution in [0.4, 0.5) is 10.9 Å². The van der Waals surface area contributed by atoms with Gasteiger partial charge in [0.05, 0.1) is 12.3 Å². The van der Waals surface area contributed by atoms with E-state index >= 15 is 0 Å². The molecular formula is C17H21N7O3S2. The minimum atomic E-state index is -3.81. The molecule has 12 heteroatoms. The number of hydrogen-bond donors (Lipinski definition) is 4. The summed E-state index contributed by atoms with van der Waals surface area (Å²) < 4.78 is 29.5. The highest BCUT2D eigenvalue weighted by Crippen LogP contribution is 2.30. The number of nitrogens with zero attached hydrogens (tertiary/aromatic N) is 3. The van der Waals surface area contributed by atoms with Gasteiger partial charge in [-0.15, -0.1) is 4.83 Å². The maximum Gasteiger partial charge on any atom is 0.280 e. The number of fused-ring (bicyclic) bond motifs is 1. The number of nitrogens with one attached hydrogen (secondary N) is 2. The molecule has 3 aromatic rings. The lowest BCUT2D eigenvalue weighted by atomic mass is 9.94. The van der Waals surface area contributed by atoms with E-state index in [4.69, 9.17) is 16.3 Å². The van der Waals surface area contributed by atoms with Crippen LogP contribution in [-0.4, -0.2) is 35.5 Å². The zero-order valence-electron chi connectivity index (χ0n) is 15.4. The van der Waals surface area contributed by atoms with Gasteiger partial charge in [-0.2, -0.15) is 0 Å². The second-order valence-electron chi connectivity index (χ2n) is 6.78. The van der Waals surface area contributed by atoms with Gasteiger partial charge >= 0.3 is 0 Å². The summed E-state index contributed by atoms with van der Waals surface area (Å²) in [6.45, 7) is 0. The fourth-order valence-corrected chi connectivity index (χ4v) is 4.86. The van der Waals surface area contributed by atoms with Crippen LogP contribution in [-0.2, 0) is 10.0 Å². The molecule has 0 radical (unpaired) electrons. The first-order valence-electron chi connectivity index (χ1n) is 9.08. The molecule has 154 valence electrons. The average Bonchev–Trinajstić information content (AvgIpc) is 3.19. The van der Waals surface area contributed by atoms with Crippen LogP contribution in [0.3, 0.4) is 0 Å². The Hall–Kier alpha value is -2.38. The van der Waals surface area contributed by atoms with Gasteiger partial charge in [-0.3, -0.25) is 5.84 Å². The summed E-state index contributed by atoms with van der Waals surface area (Å²) in [7, 11) is -3.81. The summed E-state index contributed by atoms with van der Waals surface area (Å²) in [4.78, 5) is 14.4. The first-order valence-corrected chi connectivity index (χ1v) is 11.4. The molecule has 1 saturated carbocycles. The van der Waals surface area contributed by atoms with Crippen molar-refractivity contribution in [3.63, 3.8) is 0 Å². The Morgan fingerprint density at radius 1 is 1.14 bits per heavy atom. The monoisotopic (exact) mass is 435 g/mol. The molecule has 0 amide bonds. The number of anilines is 2. The number of benzene rings is 1. The van der Waals surface area contributed by atoms with Gasteiger partial charge < -0.3 is 15.8 Å². The normalized spacial score (nSPS) is 19.9. The quantitative estimate of drug-likeness (QED) is 0.333. The minimum Gasteiger partial charge on any atom is -0.488 e. The molecule has 29 heavy (non-hydrogen) atoms. The van der Waals surface area contributed by atoms with Crippen molar-refractivity contribution in [1.29, 1.82) is 0 Å². The van der Waals surface area contributed by atoms with Crippen molar-refractivity contribution in [1.82, 2.24) is 19.8 Å². The van der Waals surface area contributed by atoms with E-state index in [9.17, 15) is 8.42 Å². The third-order valence-corrected chi connectivity index (χ3v) is 7.18. The SMILES string of the molecule is NNS(=O)(=O)c1ncc(Nc2ncc3cccc(OC4CCC(N)CC4)c3n2)s1. The van der Waals surface area contributed by atoms with Gasteiger partial charge in [-0.1, -0.05) is 23.5 Å². The van der Waals surface area contributed by atoms with Gasteiger partial charge in [-0.05, 0) is 31.7 Å². The van der Waals surface area contributed by atoms with E-state index in [2.05, 4.69) is 20.3 Å². The molecule has 0 aliphatic heterocycles. The predicted molar refractivity (Wildman–Crippen MR) is 110 cm³/mol. The Bertz CT molecular complexity index is 1110. The van der Waals surface area contributed by atoms with Crippen LogP contribution >= 0.6 is 11.3 Å². The van der Waals surface area contributed by atoms with Crippen LogP contribution in [0.5, 0.6) is 5.75 Å².